The molecule has 0 aliphatic rings. The number of fused-ring (bicyclic) bond motifs is 1. The van der Waals surface area contributed by atoms with Gasteiger partial charge in [0.25, 0.3) is 0 Å². The Morgan fingerprint density at radius 1 is 1.06 bits per heavy atom. The van der Waals surface area contributed by atoms with Gasteiger partial charge in [-0.25, -0.2) is 4.98 Å². The van der Waals surface area contributed by atoms with E-state index in [9.17, 15) is 0 Å². The molecule has 0 saturated heterocycles. The zero-order valence-electron chi connectivity index (χ0n) is 10.5. The highest BCUT2D eigenvalue weighted by Crippen LogP contribution is 2.20. The van der Waals surface area contributed by atoms with Crippen molar-refractivity contribution in [3.63, 3.8) is 0 Å². The highest BCUT2D eigenvalue weighted by molar-refractivity contribution is 5.71. The molecule has 88 valence electrons. The summed E-state index contributed by atoms with van der Waals surface area (Å²) >= 11 is 0. The van der Waals surface area contributed by atoms with Crippen molar-refractivity contribution in [3.8, 4) is 11.3 Å². The quantitative estimate of drug-likeness (QED) is 0.607. The second-order valence-electron chi connectivity index (χ2n) is 4.38. The zero-order valence-corrected chi connectivity index (χ0v) is 10.5. The molecular weight excluding hydrogens is 222 g/mol. The van der Waals surface area contributed by atoms with E-state index >= 15 is 0 Å². The number of hydrogen-bond acceptors (Lipinski definition) is 2. The maximum absolute atomic E-state index is 4.48. The molecule has 18 heavy (non-hydrogen) atoms. The number of rotatable bonds is 1. The lowest BCUT2D eigenvalue weighted by Gasteiger charge is -2.05. The number of aryl methyl sites for hydroxylation is 2. The van der Waals surface area contributed by atoms with Crippen molar-refractivity contribution in [2.75, 3.05) is 0 Å². The Balaban J connectivity index is 2.31. The van der Waals surface area contributed by atoms with E-state index in [-0.39, 0.29) is 0 Å². The monoisotopic (exact) mass is 236 g/mol. The third-order valence-corrected chi connectivity index (χ3v) is 3.25. The fraction of sp³-hybridized carbons (Fsp3) is 0.133. The van der Waals surface area contributed by atoms with Crippen LogP contribution in [0.4, 0.5) is 0 Å². The molecule has 3 nitrogen and oxygen atoms in total. The average Bonchev–Trinajstić information content (AvgIpc) is 2.41. The van der Waals surface area contributed by atoms with Gasteiger partial charge in [-0.1, -0.05) is 18.2 Å². The van der Waals surface area contributed by atoms with Gasteiger partial charge in [-0.3, -0.25) is 4.98 Å². The van der Waals surface area contributed by atoms with Gasteiger partial charge < -0.3 is 0 Å². The second kappa shape index (κ2) is 4.18. The lowest BCUT2D eigenvalue weighted by molar-refractivity contribution is -0.634. The van der Waals surface area contributed by atoms with Gasteiger partial charge in [0.05, 0.1) is 11.8 Å². The van der Waals surface area contributed by atoms with Gasteiger partial charge >= 0.3 is 0 Å². The van der Waals surface area contributed by atoms with E-state index in [1.165, 1.54) is 11.1 Å². The fourth-order valence-electron chi connectivity index (χ4n) is 2.22. The second-order valence-corrected chi connectivity index (χ2v) is 4.38. The molecule has 0 unspecified atom stereocenters. The average molecular weight is 236 g/mol. The minimum absolute atomic E-state index is 0.914. The van der Waals surface area contributed by atoms with E-state index in [0.29, 0.717) is 0 Å². The molecule has 0 spiro atoms. The van der Waals surface area contributed by atoms with Crippen LogP contribution in [-0.2, 0) is 7.05 Å². The van der Waals surface area contributed by atoms with Crippen molar-refractivity contribution in [3.05, 3.63) is 54.5 Å². The molecule has 0 atom stereocenters. The van der Waals surface area contributed by atoms with Crippen LogP contribution in [0.15, 0.2) is 48.9 Å². The van der Waals surface area contributed by atoms with E-state index in [4.69, 9.17) is 0 Å². The van der Waals surface area contributed by atoms with Crippen LogP contribution >= 0.6 is 0 Å². The molecule has 3 aromatic rings. The summed E-state index contributed by atoms with van der Waals surface area (Å²) in [6, 6.07) is 10.3. The molecule has 0 aliphatic heterocycles. The van der Waals surface area contributed by atoms with Crippen LogP contribution in [0.1, 0.15) is 5.56 Å². The van der Waals surface area contributed by atoms with Crippen LogP contribution in [0.3, 0.4) is 0 Å². The molecule has 2 heterocycles. The summed E-state index contributed by atoms with van der Waals surface area (Å²) in [7, 11) is 2.06. The minimum Gasteiger partial charge on any atom is -0.262 e. The molecule has 3 heteroatoms. The highest BCUT2D eigenvalue weighted by atomic mass is 15.0. The summed E-state index contributed by atoms with van der Waals surface area (Å²) in [5, 5.41) is 0. The van der Waals surface area contributed by atoms with E-state index in [1.807, 2.05) is 12.3 Å². The predicted octanol–water partition coefficient (Wildman–Crippen LogP) is 2.43. The summed E-state index contributed by atoms with van der Waals surface area (Å²) in [5.74, 6) is 0. The Morgan fingerprint density at radius 2 is 1.89 bits per heavy atom. The summed E-state index contributed by atoms with van der Waals surface area (Å²) in [5.41, 5.74) is 5.59. The van der Waals surface area contributed by atoms with Gasteiger partial charge in [0.2, 0.25) is 11.2 Å². The van der Waals surface area contributed by atoms with Gasteiger partial charge in [-0.2, -0.15) is 4.57 Å². The first-order valence-electron chi connectivity index (χ1n) is 5.92. The largest absolute Gasteiger partial charge is 0.262 e. The summed E-state index contributed by atoms with van der Waals surface area (Å²) in [6.07, 6.45) is 5.49. The van der Waals surface area contributed by atoms with Crippen LogP contribution in [0.2, 0.25) is 0 Å². The lowest BCUT2D eigenvalue weighted by Crippen LogP contribution is -2.32. The Kier molecular flexibility index (Phi) is 2.52. The Morgan fingerprint density at radius 3 is 2.72 bits per heavy atom. The Labute approximate surface area is 106 Å². The molecule has 1 aromatic carbocycles. The molecule has 0 radical (unpaired) electrons. The van der Waals surface area contributed by atoms with Crippen molar-refractivity contribution in [1.29, 1.82) is 0 Å². The maximum atomic E-state index is 4.48. The first-order chi connectivity index (χ1) is 8.77. The van der Waals surface area contributed by atoms with E-state index in [2.05, 4.69) is 52.8 Å². The minimum atomic E-state index is 0.914. The van der Waals surface area contributed by atoms with Crippen molar-refractivity contribution < 1.29 is 4.57 Å². The Hall–Kier alpha value is -2.29. The summed E-state index contributed by atoms with van der Waals surface area (Å²) < 4.78 is 2.16. The summed E-state index contributed by atoms with van der Waals surface area (Å²) in [4.78, 5) is 8.57. The van der Waals surface area contributed by atoms with Gasteiger partial charge in [-0.15, -0.1) is 0 Å². The van der Waals surface area contributed by atoms with Crippen LogP contribution in [-0.4, -0.2) is 9.97 Å². The SMILES string of the molecule is Cc1ccccc1-c1cnc2cnccc2[n+]1C. The van der Waals surface area contributed by atoms with Crippen molar-refractivity contribution >= 4 is 11.0 Å². The lowest BCUT2D eigenvalue weighted by atomic mass is 10.1. The van der Waals surface area contributed by atoms with Crippen LogP contribution in [0.25, 0.3) is 22.3 Å². The molecule has 2 aromatic heterocycles. The van der Waals surface area contributed by atoms with E-state index in [1.54, 1.807) is 12.4 Å². The number of aromatic nitrogens is 3. The van der Waals surface area contributed by atoms with Crippen molar-refractivity contribution in [1.82, 2.24) is 9.97 Å². The van der Waals surface area contributed by atoms with Gasteiger partial charge in [0, 0.05) is 12.3 Å². The van der Waals surface area contributed by atoms with Gasteiger partial charge in [0.1, 0.15) is 13.2 Å². The third-order valence-electron chi connectivity index (χ3n) is 3.25. The van der Waals surface area contributed by atoms with E-state index in [0.717, 1.165) is 16.7 Å². The molecule has 0 N–H and O–H groups in total. The molecule has 0 saturated carbocycles. The van der Waals surface area contributed by atoms with Crippen LogP contribution in [0.5, 0.6) is 0 Å². The topological polar surface area (TPSA) is 29.7 Å². The number of pyridine rings is 1. The molecule has 0 amide bonds. The molecular formula is C15H14N3+. The highest BCUT2D eigenvalue weighted by Gasteiger charge is 2.15. The van der Waals surface area contributed by atoms with E-state index < -0.39 is 0 Å². The van der Waals surface area contributed by atoms with Crippen molar-refractivity contribution in [2.24, 2.45) is 7.05 Å². The zero-order chi connectivity index (χ0) is 12.5. The number of nitrogens with zero attached hydrogens (tertiary/aromatic N) is 3. The number of hydrogen-bond donors (Lipinski definition) is 0. The van der Waals surface area contributed by atoms with Gasteiger partial charge in [-0.05, 0) is 18.6 Å². The summed E-state index contributed by atoms with van der Waals surface area (Å²) in [6.45, 7) is 2.12. The van der Waals surface area contributed by atoms with Crippen LogP contribution in [0, 0.1) is 6.92 Å². The molecule has 0 bridgehead atoms. The fourth-order valence-corrected chi connectivity index (χ4v) is 2.22. The normalized spacial score (nSPS) is 10.8. The standard InChI is InChI=1S/C15H14N3/c1-11-5-3-4-6-12(11)15-10-17-13-9-16-8-7-14(13)18(15)2/h3-10H,1-2H3/q+1. The molecule has 3 rings (SSSR count). The maximum Gasteiger partial charge on any atom is 0.234 e. The van der Waals surface area contributed by atoms with Gasteiger partial charge in [0.15, 0.2) is 5.52 Å². The molecule has 0 fully saturated rings. The predicted molar refractivity (Wildman–Crippen MR) is 70.9 cm³/mol. The molecule has 0 aliphatic carbocycles. The smallest absolute Gasteiger partial charge is 0.234 e. The number of benzene rings is 1. The third kappa shape index (κ3) is 1.64. The van der Waals surface area contributed by atoms with Crippen LogP contribution < -0.4 is 4.57 Å². The first-order valence-corrected chi connectivity index (χ1v) is 5.92. The first kappa shape index (κ1) is 10.8. The van der Waals surface area contributed by atoms with Crippen molar-refractivity contribution in [2.45, 2.75) is 6.92 Å². The Bertz CT molecular complexity index is 720.